The van der Waals surface area contributed by atoms with Crippen LogP contribution in [0.2, 0.25) is 5.02 Å². The number of nitrogens with zero attached hydrogens (tertiary/aromatic N) is 2. The Labute approximate surface area is 156 Å². The van der Waals surface area contributed by atoms with Gasteiger partial charge in [-0.2, -0.15) is 0 Å². The van der Waals surface area contributed by atoms with Crippen LogP contribution in [0.4, 0.5) is 0 Å². The third-order valence-corrected chi connectivity index (χ3v) is 6.33. The van der Waals surface area contributed by atoms with Gasteiger partial charge in [0.2, 0.25) is 6.79 Å². The van der Waals surface area contributed by atoms with E-state index in [0.717, 1.165) is 47.6 Å². The summed E-state index contributed by atoms with van der Waals surface area (Å²) in [4.78, 5) is 5.15. The summed E-state index contributed by atoms with van der Waals surface area (Å²) in [7, 11) is 0. The third-order valence-electron chi connectivity index (χ3n) is 5.98. The zero-order valence-electron chi connectivity index (χ0n) is 15.0. The molecule has 0 radical (unpaired) electrons. The summed E-state index contributed by atoms with van der Waals surface area (Å²) in [6.45, 7) is 7.07. The highest BCUT2D eigenvalue weighted by Gasteiger charge is 2.22. The summed E-state index contributed by atoms with van der Waals surface area (Å²) in [5.41, 5.74) is 1.14. The molecular formula is C20H29ClN2O2. The normalized spacial score (nSPS) is 22.4. The molecular weight excluding hydrogens is 336 g/mol. The van der Waals surface area contributed by atoms with Crippen molar-refractivity contribution in [3.63, 3.8) is 0 Å². The molecule has 2 heterocycles. The van der Waals surface area contributed by atoms with E-state index in [9.17, 15) is 0 Å². The van der Waals surface area contributed by atoms with Crippen molar-refractivity contribution in [2.45, 2.75) is 45.1 Å². The summed E-state index contributed by atoms with van der Waals surface area (Å²) in [5.74, 6) is 2.58. The Bertz CT molecular complexity index is 581. The predicted molar refractivity (Wildman–Crippen MR) is 100 cm³/mol. The fourth-order valence-corrected chi connectivity index (χ4v) is 4.55. The zero-order valence-corrected chi connectivity index (χ0v) is 15.8. The van der Waals surface area contributed by atoms with E-state index < -0.39 is 0 Å². The highest BCUT2D eigenvalue weighted by Crippen LogP contribution is 2.37. The molecule has 2 fully saturated rings. The van der Waals surface area contributed by atoms with Crippen LogP contribution >= 0.6 is 11.6 Å². The second kappa shape index (κ2) is 8.15. The van der Waals surface area contributed by atoms with E-state index in [1.165, 1.54) is 58.2 Å². The molecule has 0 aromatic heterocycles. The van der Waals surface area contributed by atoms with Crippen LogP contribution in [-0.2, 0) is 6.54 Å². The molecule has 0 unspecified atom stereocenters. The van der Waals surface area contributed by atoms with E-state index in [1.807, 2.05) is 12.1 Å². The van der Waals surface area contributed by atoms with Crippen LogP contribution in [0.3, 0.4) is 0 Å². The minimum Gasteiger partial charge on any atom is -0.454 e. The van der Waals surface area contributed by atoms with Crippen LogP contribution in [0.15, 0.2) is 12.1 Å². The maximum Gasteiger partial charge on any atom is 0.231 e. The van der Waals surface area contributed by atoms with E-state index in [-0.39, 0.29) is 0 Å². The van der Waals surface area contributed by atoms with Crippen molar-refractivity contribution < 1.29 is 9.47 Å². The molecule has 0 bridgehead atoms. The topological polar surface area (TPSA) is 24.9 Å². The summed E-state index contributed by atoms with van der Waals surface area (Å²) in [6, 6.07) is 3.93. The summed E-state index contributed by atoms with van der Waals surface area (Å²) in [6.07, 6.45) is 8.68. The highest BCUT2D eigenvalue weighted by molar-refractivity contribution is 6.31. The molecule has 5 heteroatoms. The van der Waals surface area contributed by atoms with Crippen LogP contribution in [0.5, 0.6) is 11.5 Å². The average molecular weight is 365 g/mol. The van der Waals surface area contributed by atoms with Gasteiger partial charge in [-0.05, 0) is 30.5 Å². The van der Waals surface area contributed by atoms with Gasteiger partial charge in [-0.3, -0.25) is 4.90 Å². The highest BCUT2D eigenvalue weighted by atomic mass is 35.5. The Morgan fingerprint density at radius 2 is 1.60 bits per heavy atom. The van der Waals surface area contributed by atoms with Crippen molar-refractivity contribution in [1.82, 2.24) is 9.80 Å². The van der Waals surface area contributed by atoms with Gasteiger partial charge < -0.3 is 14.4 Å². The second-order valence-corrected chi connectivity index (χ2v) is 8.11. The minimum absolute atomic E-state index is 0.300. The first kappa shape index (κ1) is 17.4. The molecule has 0 atom stereocenters. The van der Waals surface area contributed by atoms with E-state index >= 15 is 0 Å². The SMILES string of the molecule is Clc1cc2c(cc1CN1CCN(CCC3CCCCC3)CC1)OCO2. The maximum atomic E-state index is 6.42. The van der Waals surface area contributed by atoms with Crippen molar-refractivity contribution >= 4 is 11.6 Å². The van der Waals surface area contributed by atoms with Gasteiger partial charge >= 0.3 is 0 Å². The zero-order chi connectivity index (χ0) is 17.1. The molecule has 0 spiro atoms. The minimum atomic E-state index is 0.300. The van der Waals surface area contributed by atoms with Crippen LogP contribution in [-0.4, -0.2) is 49.3 Å². The number of ether oxygens (including phenoxy) is 2. The fourth-order valence-electron chi connectivity index (χ4n) is 4.33. The standard InChI is InChI=1S/C20H29ClN2O2/c21-18-13-20-19(24-15-25-20)12-17(18)14-23-10-8-22(9-11-23)7-6-16-4-2-1-3-5-16/h12-13,16H,1-11,14-15H2. The van der Waals surface area contributed by atoms with E-state index in [2.05, 4.69) is 9.80 Å². The number of hydrogen-bond donors (Lipinski definition) is 0. The maximum absolute atomic E-state index is 6.42. The quantitative estimate of drug-likeness (QED) is 0.783. The predicted octanol–water partition coefficient (Wildman–Crippen LogP) is 4.16. The molecule has 0 amide bonds. The molecule has 1 aromatic rings. The van der Waals surface area contributed by atoms with Crippen LogP contribution in [0.1, 0.15) is 44.1 Å². The van der Waals surface area contributed by atoms with E-state index in [0.29, 0.717) is 6.79 Å². The lowest BCUT2D eigenvalue weighted by molar-refractivity contribution is 0.119. The first-order valence-corrected chi connectivity index (χ1v) is 10.2. The van der Waals surface area contributed by atoms with Gasteiger partial charge in [-0.25, -0.2) is 0 Å². The average Bonchev–Trinajstić information content (AvgIpc) is 3.09. The first-order chi connectivity index (χ1) is 12.3. The Balaban J connectivity index is 1.24. The second-order valence-electron chi connectivity index (χ2n) is 7.71. The molecule has 25 heavy (non-hydrogen) atoms. The van der Waals surface area contributed by atoms with Gasteiger partial charge in [0.1, 0.15) is 0 Å². The molecule has 3 aliphatic rings. The van der Waals surface area contributed by atoms with Gasteiger partial charge in [0.15, 0.2) is 11.5 Å². The smallest absolute Gasteiger partial charge is 0.231 e. The van der Waals surface area contributed by atoms with Crippen molar-refractivity contribution in [3.05, 3.63) is 22.7 Å². The molecule has 4 nitrogen and oxygen atoms in total. The number of halogens is 1. The summed E-state index contributed by atoms with van der Waals surface area (Å²) < 4.78 is 10.9. The van der Waals surface area contributed by atoms with E-state index in [4.69, 9.17) is 21.1 Å². The monoisotopic (exact) mass is 364 g/mol. The largest absolute Gasteiger partial charge is 0.454 e. The summed E-state index contributed by atoms with van der Waals surface area (Å²) >= 11 is 6.42. The van der Waals surface area contributed by atoms with E-state index in [1.54, 1.807) is 0 Å². The van der Waals surface area contributed by atoms with Crippen molar-refractivity contribution in [2.75, 3.05) is 39.5 Å². The summed E-state index contributed by atoms with van der Waals surface area (Å²) in [5, 5.41) is 0.781. The Morgan fingerprint density at radius 1 is 0.920 bits per heavy atom. The number of benzene rings is 1. The molecule has 0 N–H and O–H groups in total. The van der Waals surface area contributed by atoms with Crippen molar-refractivity contribution in [2.24, 2.45) is 5.92 Å². The first-order valence-electron chi connectivity index (χ1n) is 9.80. The Hall–Kier alpha value is -0.970. The lowest BCUT2D eigenvalue weighted by Gasteiger charge is -2.35. The van der Waals surface area contributed by atoms with Crippen molar-refractivity contribution in [3.8, 4) is 11.5 Å². The lowest BCUT2D eigenvalue weighted by Crippen LogP contribution is -2.46. The Kier molecular flexibility index (Phi) is 5.69. The van der Waals surface area contributed by atoms with Gasteiger partial charge in [0.25, 0.3) is 0 Å². The number of fused-ring (bicyclic) bond motifs is 1. The van der Waals surface area contributed by atoms with Gasteiger partial charge in [0.05, 0.1) is 0 Å². The fraction of sp³-hybridized carbons (Fsp3) is 0.700. The molecule has 138 valence electrons. The van der Waals surface area contributed by atoms with Gasteiger partial charge in [-0.15, -0.1) is 0 Å². The number of hydrogen-bond acceptors (Lipinski definition) is 4. The molecule has 1 saturated carbocycles. The van der Waals surface area contributed by atoms with Gasteiger partial charge in [-0.1, -0.05) is 43.7 Å². The molecule has 4 rings (SSSR count). The molecule has 1 saturated heterocycles. The van der Waals surface area contributed by atoms with Crippen LogP contribution in [0, 0.1) is 5.92 Å². The van der Waals surface area contributed by atoms with Crippen LogP contribution in [0.25, 0.3) is 0 Å². The molecule has 1 aliphatic carbocycles. The van der Waals surface area contributed by atoms with Gasteiger partial charge in [0, 0.05) is 43.8 Å². The lowest BCUT2D eigenvalue weighted by atomic mass is 9.87. The molecule has 1 aromatic carbocycles. The Morgan fingerprint density at radius 3 is 2.36 bits per heavy atom. The van der Waals surface area contributed by atoms with Crippen LogP contribution < -0.4 is 9.47 Å². The third kappa shape index (κ3) is 4.42. The number of piperazine rings is 1. The van der Waals surface area contributed by atoms with Crippen molar-refractivity contribution in [1.29, 1.82) is 0 Å². The molecule has 2 aliphatic heterocycles. The number of rotatable bonds is 5.